The number of rotatable bonds is 3. The van der Waals surface area contributed by atoms with E-state index in [-0.39, 0.29) is 11.6 Å². The van der Waals surface area contributed by atoms with Crippen LogP contribution in [0.3, 0.4) is 0 Å². The van der Waals surface area contributed by atoms with Crippen molar-refractivity contribution in [3.8, 4) is 0 Å². The predicted molar refractivity (Wildman–Crippen MR) is 79.3 cm³/mol. The van der Waals surface area contributed by atoms with Crippen LogP contribution in [0.5, 0.6) is 0 Å². The highest BCUT2D eigenvalue weighted by molar-refractivity contribution is 7.22. The van der Waals surface area contributed by atoms with Gasteiger partial charge in [-0.15, -0.1) is 0 Å². The number of nitrogens with zero attached hydrogens (tertiary/aromatic N) is 1. The molecule has 0 spiro atoms. The molecule has 2 unspecified atom stereocenters. The molecule has 102 valence electrons. The number of thiazole rings is 1. The van der Waals surface area contributed by atoms with Crippen molar-refractivity contribution in [3.63, 3.8) is 0 Å². The summed E-state index contributed by atoms with van der Waals surface area (Å²) in [7, 11) is 0. The number of nitrogens with one attached hydrogen (secondary N) is 1. The Hall–Kier alpha value is -1.17. The molecule has 0 radical (unpaired) electrons. The summed E-state index contributed by atoms with van der Waals surface area (Å²) in [4.78, 5) is 4.27. The van der Waals surface area contributed by atoms with E-state index < -0.39 is 0 Å². The smallest absolute Gasteiger partial charge is 0.181 e. The van der Waals surface area contributed by atoms with Crippen LogP contribution in [0.25, 0.3) is 10.2 Å². The Morgan fingerprint density at radius 3 is 3.16 bits per heavy atom. The lowest BCUT2D eigenvalue weighted by Gasteiger charge is -2.29. The second-order valence-corrected chi connectivity index (χ2v) is 6.45. The Morgan fingerprint density at radius 2 is 2.42 bits per heavy atom. The topological polar surface area (TPSA) is 60.2 Å². The molecule has 1 saturated heterocycles. The Labute approximate surface area is 117 Å². The Bertz CT molecular complexity index is 597. The highest BCUT2D eigenvalue weighted by Gasteiger charge is 2.36. The van der Waals surface area contributed by atoms with Crippen LogP contribution in [0, 0.1) is 0 Å². The lowest BCUT2D eigenvalue weighted by atomic mass is 9.94. The molecule has 2 heterocycles. The first kappa shape index (κ1) is 12.8. The number of ether oxygens (including phenoxy) is 1. The molecule has 0 aliphatic carbocycles. The van der Waals surface area contributed by atoms with Crippen molar-refractivity contribution >= 4 is 26.7 Å². The van der Waals surface area contributed by atoms with E-state index >= 15 is 0 Å². The zero-order valence-corrected chi connectivity index (χ0v) is 12.1. The van der Waals surface area contributed by atoms with Crippen molar-refractivity contribution in [3.05, 3.63) is 23.8 Å². The van der Waals surface area contributed by atoms with E-state index in [1.54, 1.807) is 0 Å². The Morgan fingerprint density at radius 1 is 1.58 bits per heavy atom. The van der Waals surface area contributed by atoms with Gasteiger partial charge in [-0.05, 0) is 38.0 Å². The summed E-state index contributed by atoms with van der Waals surface area (Å²) in [5.74, 6) is 0. The number of aromatic nitrogens is 1. The van der Waals surface area contributed by atoms with E-state index in [1.165, 1.54) is 16.9 Å². The van der Waals surface area contributed by atoms with E-state index in [0.29, 0.717) is 5.13 Å². The summed E-state index contributed by atoms with van der Waals surface area (Å²) in [6, 6.07) is 6.31. The van der Waals surface area contributed by atoms with Gasteiger partial charge < -0.3 is 15.8 Å². The van der Waals surface area contributed by atoms with Gasteiger partial charge in [0.05, 0.1) is 16.3 Å². The van der Waals surface area contributed by atoms with Gasteiger partial charge in [0.15, 0.2) is 5.13 Å². The first-order valence-corrected chi connectivity index (χ1v) is 7.40. The van der Waals surface area contributed by atoms with Gasteiger partial charge in [0.1, 0.15) is 0 Å². The van der Waals surface area contributed by atoms with E-state index in [4.69, 9.17) is 10.5 Å². The Kier molecular flexibility index (Phi) is 3.20. The van der Waals surface area contributed by atoms with Crippen LogP contribution >= 0.6 is 11.3 Å². The standard InChI is InChI=1S/C14H19N3OS/c1-9-14(2,5-6-18-9)16-8-10-3-4-11-12(7-10)19-13(15)17-11/h3-4,7,9,16H,5-6,8H2,1-2H3,(H2,15,17). The molecule has 0 amide bonds. The second kappa shape index (κ2) is 4.74. The van der Waals surface area contributed by atoms with Crippen LogP contribution in [0.4, 0.5) is 5.13 Å². The maximum atomic E-state index is 5.73. The molecule has 2 atom stereocenters. The molecule has 1 aromatic heterocycles. The summed E-state index contributed by atoms with van der Waals surface area (Å²) in [5, 5.41) is 4.25. The number of hydrogen-bond acceptors (Lipinski definition) is 5. The van der Waals surface area contributed by atoms with Gasteiger partial charge in [-0.2, -0.15) is 0 Å². The van der Waals surface area contributed by atoms with Crippen LogP contribution in [-0.2, 0) is 11.3 Å². The zero-order valence-electron chi connectivity index (χ0n) is 11.3. The van der Waals surface area contributed by atoms with Gasteiger partial charge in [0.2, 0.25) is 0 Å². The molecule has 5 heteroatoms. The minimum absolute atomic E-state index is 0.0711. The largest absolute Gasteiger partial charge is 0.377 e. The second-order valence-electron chi connectivity index (χ2n) is 5.39. The third-order valence-electron chi connectivity index (χ3n) is 4.05. The third kappa shape index (κ3) is 2.45. The molecule has 4 nitrogen and oxygen atoms in total. The van der Waals surface area contributed by atoms with Crippen molar-refractivity contribution in [1.29, 1.82) is 0 Å². The highest BCUT2D eigenvalue weighted by Crippen LogP contribution is 2.27. The fourth-order valence-electron chi connectivity index (χ4n) is 2.47. The monoisotopic (exact) mass is 277 g/mol. The van der Waals surface area contributed by atoms with E-state index in [1.807, 2.05) is 6.07 Å². The average Bonchev–Trinajstić information content (AvgIpc) is 2.90. The highest BCUT2D eigenvalue weighted by atomic mass is 32.1. The van der Waals surface area contributed by atoms with Gasteiger partial charge in [0, 0.05) is 18.7 Å². The number of benzene rings is 1. The molecule has 19 heavy (non-hydrogen) atoms. The lowest BCUT2D eigenvalue weighted by Crippen LogP contribution is -2.47. The number of anilines is 1. The molecule has 1 aromatic carbocycles. The summed E-state index contributed by atoms with van der Waals surface area (Å²) in [6.45, 7) is 6.05. The first-order valence-electron chi connectivity index (χ1n) is 6.58. The first-order chi connectivity index (χ1) is 9.07. The normalized spacial score (nSPS) is 27.2. The van der Waals surface area contributed by atoms with Crippen molar-refractivity contribution in [2.75, 3.05) is 12.3 Å². The Balaban J connectivity index is 1.74. The molecule has 0 saturated carbocycles. The summed E-state index contributed by atoms with van der Waals surface area (Å²) >= 11 is 1.54. The molecule has 3 rings (SSSR count). The minimum Gasteiger partial charge on any atom is -0.377 e. The number of nitrogen functional groups attached to an aromatic ring is 1. The quantitative estimate of drug-likeness (QED) is 0.905. The predicted octanol–water partition coefficient (Wildman–Crippen LogP) is 2.54. The van der Waals surface area contributed by atoms with Crippen molar-refractivity contribution in [2.45, 2.75) is 38.5 Å². The third-order valence-corrected chi connectivity index (χ3v) is 4.90. The maximum absolute atomic E-state index is 5.73. The van der Waals surface area contributed by atoms with E-state index in [9.17, 15) is 0 Å². The van der Waals surface area contributed by atoms with Crippen LogP contribution in [-0.4, -0.2) is 23.2 Å². The molecule has 1 aliphatic rings. The summed E-state index contributed by atoms with van der Waals surface area (Å²) < 4.78 is 6.79. The molecule has 1 fully saturated rings. The van der Waals surface area contributed by atoms with Crippen molar-refractivity contribution < 1.29 is 4.74 Å². The SMILES string of the molecule is CC1OCCC1(C)NCc1ccc2nc(N)sc2c1. The molecular weight excluding hydrogens is 258 g/mol. The number of hydrogen-bond donors (Lipinski definition) is 2. The number of nitrogens with two attached hydrogens (primary N) is 1. The van der Waals surface area contributed by atoms with Gasteiger partial charge in [-0.25, -0.2) is 4.98 Å². The maximum Gasteiger partial charge on any atom is 0.181 e. The molecule has 1 aliphatic heterocycles. The molecule has 3 N–H and O–H groups in total. The zero-order chi connectivity index (χ0) is 13.5. The molecule has 2 aromatic rings. The van der Waals surface area contributed by atoms with Crippen LogP contribution < -0.4 is 11.1 Å². The van der Waals surface area contributed by atoms with Crippen LogP contribution in [0.1, 0.15) is 25.8 Å². The minimum atomic E-state index is 0.0711. The molecule has 0 bridgehead atoms. The average molecular weight is 277 g/mol. The number of fused-ring (bicyclic) bond motifs is 1. The summed E-state index contributed by atoms with van der Waals surface area (Å²) in [5.41, 5.74) is 8.04. The molecular formula is C14H19N3OS. The fourth-order valence-corrected chi connectivity index (χ4v) is 3.27. The van der Waals surface area contributed by atoms with Gasteiger partial charge in [-0.3, -0.25) is 0 Å². The van der Waals surface area contributed by atoms with Gasteiger partial charge >= 0.3 is 0 Å². The van der Waals surface area contributed by atoms with E-state index in [2.05, 4.69) is 36.3 Å². The van der Waals surface area contributed by atoms with E-state index in [0.717, 1.165) is 29.8 Å². The lowest BCUT2D eigenvalue weighted by molar-refractivity contribution is 0.0881. The van der Waals surface area contributed by atoms with Crippen LogP contribution in [0.15, 0.2) is 18.2 Å². The van der Waals surface area contributed by atoms with Crippen LogP contribution in [0.2, 0.25) is 0 Å². The van der Waals surface area contributed by atoms with Gasteiger partial charge in [-0.1, -0.05) is 17.4 Å². The van der Waals surface area contributed by atoms with Gasteiger partial charge in [0.25, 0.3) is 0 Å². The fraction of sp³-hybridized carbons (Fsp3) is 0.500. The van der Waals surface area contributed by atoms with Crippen molar-refractivity contribution in [2.24, 2.45) is 0 Å². The summed E-state index contributed by atoms with van der Waals surface area (Å²) in [6.07, 6.45) is 1.32. The van der Waals surface area contributed by atoms with Crippen molar-refractivity contribution in [1.82, 2.24) is 10.3 Å².